The van der Waals surface area contributed by atoms with Gasteiger partial charge in [0.05, 0.1) is 4.92 Å². The molecule has 0 saturated carbocycles. The minimum Gasteiger partial charge on any atom is -0.366 e. The van der Waals surface area contributed by atoms with E-state index < -0.39 is 4.92 Å². The molecular formula is C12H9BrFN3O2. The van der Waals surface area contributed by atoms with Crippen LogP contribution in [0.15, 0.2) is 41.0 Å². The quantitative estimate of drug-likeness (QED) is 0.690. The molecule has 0 spiro atoms. The van der Waals surface area contributed by atoms with Gasteiger partial charge in [0.25, 0.3) is 5.69 Å². The maximum atomic E-state index is 13.1. The Hall–Kier alpha value is -2.02. The molecule has 5 nitrogen and oxygen atoms in total. The van der Waals surface area contributed by atoms with E-state index in [2.05, 4.69) is 26.2 Å². The van der Waals surface area contributed by atoms with Gasteiger partial charge >= 0.3 is 0 Å². The third kappa shape index (κ3) is 3.47. The van der Waals surface area contributed by atoms with Crippen LogP contribution >= 0.6 is 15.9 Å². The topological polar surface area (TPSA) is 68.1 Å². The lowest BCUT2D eigenvalue weighted by atomic mass is 10.2. The molecule has 0 aliphatic heterocycles. The minimum atomic E-state index is -0.514. The summed E-state index contributed by atoms with van der Waals surface area (Å²) in [6.07, 6.45) is 1.17. The lowest BCUT2D eigenvalue weighted by Crippen LogP contribution is -2.02. The first-order valence-corrected chi connectivity index (χ1v) is 6.14. The van der Waals surface area contributed by atoms with E-state index in [4.69, 9.17) is 0 Å². The van der Waals surface area contributed by atoms with Gasteiger partial charge in [-0.1, -0.05) is 15.9 Å². The summed E-state index contributed by atoms with van der Waals surface area (Å²) >= 11 is 3.32. The molecule has 0 unspecified atom stereocenters. The molecule has 2 aromatic rings. The summed E-state index contributed by atoms with van der Waals surface area (Å²) in [4.78, 5) is 13.9. The second kappa shape index (κ2) is 5.75. The second-order valence-electron chi connectivity index (χ2n) is 3.75. The number of benzene rings is 1. The van der Waals surface area contributed by atoms with Crippen molar-refractivity contribution in [3.05, 3.63) is 62.5 Å². The first-order chi connectivity index (χ1) is 9.06. The Bertz CT molecular complexity index is 604. The minimum absolute atomic E-state index is 0.0718. The fourth-order valence-corrected chi connectivity index (χ4v) is 1.85. The van der Waals surface area contributed by atoms with Crippen LogP contribution in [0.4, 0.5) is 15.9 Å². The highest BCUT2D eigenvalue weighted by Gasteiger charge is 2.06. The predicted molar refractivity (Wildman–Crippen MR) is 72.3 cm³/mol. The Kier molecular flexibility index (Phi) is 4.06. The van der Waals surface area contributed by atoms with Crippen LogP contribution in [0.5, 0.6) is 0 Å². The monoisotopic (exact) mass is 325 g/mol. The van der Waals surface area contributed by atoms with Gasteiger partial charge in [0.15, 0.2) is 0 Å². The number of nitrogens with zero attached hydrogens (tertiary/aromatic N) is 2. The van der Waals surface area contributed by atoms with Crippen LogP contribution < -0.4 is 5.32 Å². The van der Waals surface area contributed by atoms with Crippen molar-refractivity contribution in [1.82, 2.24) is 4.98 Å². The number of hydrogen-bond donors (Lipinski definition) is 1. The molecule has 0 aliphatic carbocycles. The van der Waals surface area contributed by atoms with Crippen LogP contribution in [0.3, 0.4) is 0 Å². The van der Waals surface area contributed by atoms with E-state index in [1.165, 1.54) is 30.5 Å². The molecule has 1 N–H and O–H groups in total. The van der Waals surface area contributed by atoms with Crippen molar-refractivity contribution in [2.75, 3.05) is 5.32 Å². The summed E-state index contributed by atoms with van der Waals surface area (Å²) in [6.45, 7) is 0.364. The normalized spacial score (nSPS) is 10.2. The molecule has 1 aromatic carbocycles. The molecule has 1 aromatic heterocycles. The Morgan fingerprint density at radius 1 is 1.37 bits per heavy atom. The second-order valence-corrected chi connectivity index (χ2v) is 4.60. The Labute approximate surface area is 116 Å². The number of nitro groups is 1. The van der Waals surface area contributed by atoms with E-state index >= 15 is 0 Å². The van der Waals surface area contributed by atoms with Gasteiger partial charge < -0.3 is 5.32 Å². The number of hydrogen-bond acceptors (Lipinski definition) is 4. The number of nitrogens with one attached hydrogen (secondary N) is 1. The van der Waals surface area contributed by atoms with Gasteiger partial charge in [0.2, 0.25) is 0 Å². The van der Waals surface area contributed by atoms with E-state index in [0.29, 0.717) is 12.4 Å². The van der Waals surface area contributed by atoms with E-state index in [1.54, 1.807) is 6.07 Å². The Morgan fingerprint density at radius 2 is 2.16 bits per heavy atom. The Morgan fingerprint density at radius 3 is 2.79 bits per heavy atom. The lowest BCUT2D eigenvalue weighted by molar-refractivity contribution is -0.385. The summed E-state index contributed by atoms with van der Waals surface area (Å²) in [7, 11) is 0. The van der Waals surface area contributed by atoms with Gasteiger partial charge in [-0.25, -0.2) is 9.37 Å². The predicted octanol–water partition coefficient (Wildman–Crippen LogP) is 3.50. The van der Waals surface area contributed by atoms with Crippen LogP contribution in [-0.2, 0) is 6.54 Å². The van der Waals surface area contributed by atoms with E-state index in [1.807, 2.05) is 0 Å². The Balaban J connectivity index is 2.06. The summed E-state index contributed by atoms with van der Waals surface area (Å²) in [5.74, 6) is 0.165. The van der Waals surface area contributed by atoms with E-state index in [9.17, 15) is 14.5 Å². The fraction of sp³-hybridized carbons (Fsp3) is 0.0833. The van der Waals surface area contributed by atoms with Gasteiger partial charge in [0.1, 0.15) is 17.8 Å². The van der Waals surface area contributed by atoms with Gasteiger partial charge in [-0.05, 0) is 29.8 Å². The van der Waals surface area contributed by atoms with Gasteiger partial charge in [-0.3, -0.25) is 10.1 Å². The van der Waals surface area contributed by atoms with Gasteiger partial charge in [-0.2, -0.15) is 0 Å². The van der Waals surface area contributed by atoms with E-state index in [0.717, 1.165) is 10.0 Å². The largest absolute Gasteiger partial charge is 0.366 e. The molecule has 0 radical (unpaired) electrons. The molecular weight excluding hydrogens is 317 g/mol. The molecule has 7 heteroatoms. The highest BCUT2D eigenvalue weighted by atomic mass is 79.9. The molecule has 0 fully saturated rings. The SMILES string of the molecule is O=[N+]([O-])c1ccc(NCc2cc(F)ccc2Br)nc1. The van der Waals surface area contributed by atoms with E-state index in [-0.39, 0.29) is 11.5 Å². The van der Waals surface area contributed by atoms with Crippen molar-refractivity contribution in [3.63, 3.8) is 0 Å². The van der Waals surface area contributed by atoms with Crippen molar-refractivity contribution in [2.45, 2.75) is 6.54 Å². The third-order valence-electron chi connectivity index (χ3n) is 2.43. The first-order valence-electron chi connectivity index (χ1n) is 5.34. The van der Waals surface area contributed by atoms with Crippen LogP contribution in [0.1, 0.15) is 5.56 Å². The first kappa shape index (κ1) is 13.4. The van der Waals surface area contributed by atoms with Crippen molar-refractivity contribution >= 4 is 27.4 Å². The molecule has 19 heavy (non-hydrogen) atoms. The van der Waals surface area contributed by atoms with Crippen LogP contribution in [-0.4, -0.2) is 9.91 Å². The molecule has 0 saturated heterocycles. The average molecular weight is 326 g/mol. The number of aromatic nitrogens is 1. The zero-order valence-corrected chi connectivity index (χ0v) is 11.2. The molecule has 1 heterocycles. The summed E-state index contributed by atoms with van der Waals surface area (Å²) in [5.41, 5.74) is 0.664. The summed E-state index contributed by atoms with van der Waals surface area (Å²) < 4.78 is 13.9. The summed E-state index contributed by atoms with van der Waals surface area (Å²) in [5, 5.41) is 13.4. The zero-order valence-electron chi connectivity index (χ0n) is 9.64. The highest BCUT2D eigenvalue weighted by Crippen LogP contribution is 2.19. The van der Waals surface area contributed by atoms with Crippen LogP contribution in [0.2, 0.25) is 0 Å². The maximum absolute atomic E-state index is 13.1. The standard InChI is InChI=1S/C12H9BrFN3O2/c13-11-3-1-9(14)5-8(11)6-15-12-4-2-10(7-16-12)17(18)19/h1-5,7H,6H2,(H,15,16). The fourth-order valence-electron chi connectivity index (χ4n) is 1.46. The zero-order chi connectivity index (χ0) is 13.8. The highest BCUT2D eigenvalue weighted by molar-refractivity contribution is 9.10. The molecule has 0 amide bonds. The molecule has 0 bridgehead atoms. The van der Waals surface area contributed by atoms with Crippen molar-refractivity contribution in [2.24, 2.45) is 0 Å². The van der Waals surface area contributed by atoms with Gasteiger partial charge in [0, 0.05) is 17.1 Å². The molecule has 98 valence electrons. The molecule has 0 aliphatic rings. The maximum Gasteiger partial charge on any atom is 0.287 e. The number of rotatable bonds is 4. The third-order valence-corrected chi connectivity index (χ3v) is 3.20. The molecule has 2 rings (SSSR count). The number of halogens is 2. The molecule has 0 atom stereocenters. The van der Waals surface area contributed by atoms with Gasteiger partial charge in [-0.15, -0.1) is 0 Å². The van der Waals surface area contributed by atoms with Crippen molar-refractivity contribution in [1.29, 1.82) is 0 Å². The lowest BCUT2D eigenvalue weighted by Gasteiger charge is -2.07. The van der Waals surface area contributed by atoms with Crippen molar-refractivity contribution < 1.29 is 9.31 Å². The van der Waals surface area contributed by atoms with Crippen LogP contribution in [0, 0.1) is 15.9 Å². The number of pyridine rings is 1. The summed E-state index contributed by atoms with van der Waals surface area (Å²) in [6, 6.07) is 7.25. The smallest absolute Gasteiger partial charge is 0.287 e. The van der Waals surface area contributed by atoms with Crippen LogP contribution in [0.25, 0.3) is 0 Å². The number of anilines is 1. The van der Waals surface area contributed by atoms with Crippen molar-refractivity contribution in [3.8, 4) is 0 Å². The average Bonchev–Trinajstić information content (AvgIpc) is 2.40.